The molecule has 1 N–H and O–H groups in total. The molecule has 2 aliphatic rings. The van der Waals surface area contributed by atoms with Gasteiger partial charge in [0.25, 0.3) is 0 Å². The zero-order valence-electron chi connectivity index (χ0n) is 16.6. The van der Waals surface area contributed by atoms with Crippen molar-refractivity contribution in [2.24, 2.45) is 0 Å². The monoisotopic (exact) mass is 391 g/mol. The molecule has 0 spiro atoms. The first-order valence-electron chi connectivity index (χ1n) is 10.2. The number of nitrogens with one attached hydrogen (secondary N) is 1. The first kappa shape index (κ1) is 18.1. The van der Waals surface area contributed by atoms with Gasteiger partial charge in [0.1, 0.15) is 0 Å². The highest BCUT2D eigenvalue weighted by atomic mass is 16.1. The second-order valence-corrected chi connectivity index (χ2v) is 7.96. The number of carbonyl (C=O) groups is 1. The van der Waals surface area contributed by atoms with Crippen LogP contribution in [0.15, 0.2) is 36.5 Å². The van der Waals surface area contributed by atoms with Crippen LogP contribution in [0, 0.1) is 0 Å². The van der Waals surface area contributed by atoms with Crippen LogP contribution in [0.5, 0.6) is 0 Å². The summed E-state index contributed by atoms with van der Waals surface area (Å²) >= 11 is 0. The highest BCUT2D eigenvalue weighted by Gasteiger charge is 2.29. The Morgan fingerprint density at radius 3 is 2.55 bits per heavy atom. The fourth-order valence-corrected chi connectivity index (χ4v) is 3.89. The van der Waals surface area contributed by atoms with Crippen LogP contribution in [-0.2, 0) is 11.3 Å². The van der Waals surface area contributed by atoms with Gasteiger partial charge < -0.3 is 10.2 Å². The number of benzene rings is 1. The number of carbonyl (C=O) groups excluding carboxylic acids is 1. The van der Waals surface area contributed by atoms with E-state index < -0.39 is 0 Å². The molecular weight excluding hydrogens is 366 g/mol. The number of hydrogen-bond acceptors (Lipinski definition) is 6. The maximum absolute atomic E-state index is 11.1. The highest BCUT2D eigenvalue weighted by Crippen LogP contribution is 2.38. The molecule has 5 rings (SSSR count). The summed E-state index contributed by atoms with van der Waals surface area (Å²) in [7, 11) is 0. The van der Waals surface area contributed by atoms with E-state index in [0.717, 1.165) is 55.6 Å². The lowest BCUT2D eigenvalue weighted by atomic mass is 10.1. The SMILES string of the molecule is CC(=O)Nc1ccc(CN2CCN(c3cnn4c(C5CC5)nnc4c3)CC2)cc1. The second-order valence-electron chi connectivity index (χ2n) is 7.96. The van der Waals surface area contributed by atoms with Gasteiger partial charge in [-0.3, -0.25) is 9.69 Å². The molecule has 8 heteroatoms. The lowest BCUT2D eigenvalue weighted by Crippen LogP contribution is -2.46. The van der Waals surface area contributed by atoms with Gasteiger partial charge in [-0.1, -0.05) is 12.1 Å². The van der Waals surface area contributed by atoms with Crippen molar-refractivity contribution in [1.29, 1.82) is 0 Å². The lowest BCUT2D eigenvalue weighted by Gasteiger charge is -2.35. The Kier molecular flexibility index (Phi) is 4.63. The van der Waals surface area contributed by atoms with Gasteiger partial charge in [0.15, 0.2) is 11.5 Å². The smallest absolute Gasteiger partial charge is 0.221 e. The van der Waals surface area contributed by atoms with E-state index in [4.69, 9.17) is 0 Å². The molecule has 1 saturated heterocycles. The molecule has 150 valence electrons. The molecule has 0 unspecified atom stereocenters. The zero-order valence-corrected chi connectivity index (χ0v) is 16.6. The summed E-state index contributed by atoms with van der Waals surface area (Å²) in [5.41, 5.74) is 4.05. The van der Waals surface area contributed by atoms with Crippen LogP contribution in [0.2, 0.25) is 0 Å². The molecule has 1 amide bonds. The maximum Gasteiger partial charge on any atom is 0.221 e. The first-order chi connectivity index (χ1) is 14.2. The Hall–Kier alpha value is -3.00. The summed E-state index contributed by atoms with van der Waals surface area (Å²) in [6.07, 6.45) is 4.34. The van der Waals surface area contributed by atoms with E-state index in [1.807, 2.05) is 22.8 Å². The summed E-state index contributed by atoms with van der Waals surface area (Å²) in [6.45, 7) is 6.37. The van der Waals surface area contributed by atoms with Crippen molar-refractivity contribution < 1.29 is 4.79 Å². The molecule has 1 aromatic carbocycles. The predicted molar refractivity (Wildman–Crippen MR) is 111 cm³/mol. The molecule has 8 nitrogen and oxygen atoms in total. The molecule has 2 aromatic heterocycles. The van der Waals surface area contributed by atoms with Gasteiger partial charge in [0.2, 0.25) is 5.91 Å². The van der Waals surface area contributed by atoms with E-state index in [2.05, 4.69) is 48.6 Å². The third-order valence-corrected chi connectivity index (χ3v) is 5.63. The van der Waals surface area contributed by atoms with Crippen LogP contribution in [-0.4, -0.2) is 56.8 Å². The van der Waals surface area contributed by atoms with Crippen molar-refractivity contribution in [2.45, 2.75) is 32.2 Å². The van der Waals surface area contributed by atoms with Crippen LogP contribution < -0.4 is 10.2 Å². The minimum absolute atomic E-state index is 0.0450. The highest BCUT2D eigenvalue weighted by molar-refractivity contribution is 5.88. The molecule has 1 aliphatic heterocycles. The summed E-state index contributed by atoms with van der Waals surface area (Å²) in [5.74, 6) is 1.50. The Morgan fingerprint density at radius 1 is 1.10 bits per heavy atom. The van der Waals surface area contributed by atoms with E-state index >= 15 is 0 Å². The number of aromatic nitrogens is 4. The minimum atomic E-state index is -0.0450. The lowest BCUT2D eigenvalue weighted by molar-refractivity contribution is -0.114. The van der Waals surface area contributed by atoms with Gasteiger partial charge in [-0.05, 0) is 30.5 Å². The van der Waals surface area contributed by atoms with Gasteiger partial charge in [0, 0.05) is 57.3 Å². The van der Waals surface area contributed by atoms with Crippen LogP contribution in [0.4, 0.5) is 11.4 Å². The first-order valence-corrected chi connectivity index (χ1v) is 10.2. The molecule has 2 fully saturated rings. The van der Waals surface area contributed by atoms with Crippen molar-refractivity contribution in [2.75, 3.05) is 36.4 Å². The molecule has 1 saturated carbocycles. The second kappa shape index (κ2) is 7.44. The number of rotatable bonds is 5. The number of hydrogen-bond donors (Lipinski definition) is 1. The number of piperazine rings is 1. The summed E-state index contributed by atoms with van der Waals surface area (Å²) in [5, 5.41) is 16.0. The molecule has 0 atom stereocenters. The summed E-state index contributed by atoms with van der Waals surface area (Å²) < 4.78 is 1.89. The molecule has 0 bridgehead atoms. The number of amides is 1. The minimum Gasteiger partial charge on any atom is -0.368 e. The van der Waals surface area contributed by atoms with Gasteiger partial charge in [-0.2, -0.15) is 9.61 Å². The Bertz CT molecular complexity index is 1020. The van der Waals surface area contributed by atoms with Crippen LogP contribution in [0.3, 0.4) is 0 Å². The number of anilines is 2. The predicted octanol–water partition coefficient (Wildman–Crippen LogP) is 2.28. The van der Waals surface area contributed by atoms with Crippen LogP contribution >= 0.6 is 0 Å². The molecule has 3 aromatic rings. The van der Waals surface area contributed by atoms with Crippen LogP contribution in [0.25, 0.3) is 5.65 Å². The van der Waals surface area contributed by atoms with Crippen LogP contribution in [0.1, 0.15) is 37.1 Å². The molecule has 29 heavy (non-hydrogen) atoms. The molecule has 0 radical (unpaired) electrons. The fourth-order valence-electron chi connectivity index (χ4n) is 3.89. The van der Waals surface area contributed by atoms with Crippen molar-refractivity contribution in [3.8, 4) is 0 Å². The number of nitrogens with zero attached hydrogens (tertiary/aromatic N) is 6. The summed E-state index contributed by atoms with van der Waals surface area (Å²) in [6, 6.07) is 10.2. The third-order valence-electron chi connectivity index (χ3n) is 5.63. The molecular formula is C21H25N7O. The van der Waals surface area contributed by atoms with E-state index in [1.54, 1.807) is 0 Å². The van der Waals surface area contributed by atoms with Gasteiger partial charge in [0.05, 0.1) is 11.9 Å². The van der Waals surface area contributed by atoms with Gasteiger partial charge >= 0.3 is 0 Å². The topological polar surface area (TPSA) is 78.7 Å². The average molecular weight is 391 g/mol. The van der Waals surface area contributed by atoms with E-state index in [0.29, 0.717) is 5.92 Å². The van der Waals surface area contributed by atoms with Crippen molar-refractivity contribution in [3.05, 3.63) is 47.9 Å². The maximum atomic E-state index is 11.1. The van der Waals surface area contributed by atoms with Crippen molar-refractivity contribution >= 4 is 22.9 Å². The zero-order chi connectivity index (χ0) is 19.8. The van der Waals surface area contributed by atoms with E-state index in [9.17, 15) is 4.79 Å². The van der Waals surface area contributed by atoms with Crippen molar-refractivity contribution in [3.63, 3.8) is 0 Å². The summed E-state index contributed by atoms with van der Waals surface area (Å²) in [4.78, 5) is 16.0. The Labute approximate surface area is 169 Å². The Balaban J connectivity index is 1.19. The van der Waals surface area contributed by atoms with Crippen molar-refractivity contribution in [1.82, 2.24) is 24.7 Å². The molecule has 3 heterocycles. The third kappa shape index (κ3) is 3.93. The van der Waals surface area contributed by atoms with E-state index in [1.165, 1.54) is 25.3 Å². The normalized spacial score (nSPS) is 17.6. The standard InChI is InChI=1S/C21H25N7O/c1-15(29)23-18-6-2-16(3-7-18)14-26-8-10-27(11-9-26)19-12-20-24-25-21(17-4-5-17)28(20)22-13-19/h2-3,6-7,12-13,17H,4-5,8-11,14H2,1H3,(H,23,29). The van der Waals surface area contributed by atoms with E-state index in [-0.39, 0.29) is 5.91 Å². The number of fused-ring (bicyclic) bond motifs is 1. The average Bonchev–Trinajstić information content (AvgIpc) is 3.48. The Morgan fingerprint density at radius 2 is 1.86 bits per heavy atom. The van der Waals surface area contributed by atoms with Gasteiger partial charge in [-0.25, -0.2) is 0 Å². The van der Waals surface area contributed by atoms with Gasteiger partial charge in [-0.15, -0.1) is 10.2 Å². The fraction of sp³-hybridized carbons (Fsp3) is 0.429. The quantitative estimate of drug-likeness (QED) is 0.719. The molecule has 1 aliphatic carbocycles. The largest absolute Gasteiger partial charge is 0.368 e.